The number of likely N-dealkylation sites (N-methyl/N-ethyl adjacent to an activating group) is 1. The Labute approximate surface area is 121 Å². The number of allylic oxidation sites excluding steroid dienone is 2. The summed E-state index contributed by atoms with van der Waals surface area (Å²) in [5.41, 5.74) is 0. The van der Waals surface area contributed by atoms with Gasteiger partial charge < -0.3 is 14.5 Å². The zero-order valence-electron chi connectivity index (χ0n) is 12.5. The summed E-state index contributed by atoms with van der Waals surface area (Å²) >= 11 is 0. The van der Waals surface area contributed by atoms with Gasteiger partial charge in [0.15, 0.2) is 0 Å². The quantitative estimate of drug-likeness (QED) is 0.715. The SMILES string of the molecule is CN1CCO[C@@H](CN(CC2CC2)C(=O)C2CC=CC2)C1. The monoisotopic (exact) mass is 278 g/mol. The third-order valence-corrected chi connectivity index (χ3v) is 4.61. The Hall–Kier alpha value is -0.870. The fourth-order valence-electron chi connectivity index (χ4n) is 3.17. The van der Waals surface area contributed by atoms with Crippen molar-refractivity contribution in [1.82, 2.24) is 9.80 Å². The Morgan fingerprint density at radius 3 is 2.70 bits per heavy atom. The van der Waals surface area contributed by atoms with Gasteiger partial charge in [0.2, 0.25) is 5.91 Å². The van der Waals surface area contributed by atoms with Crippen LogP contribution in [-0.4, -0.2) is 61.6 Å². The summed E-state index contributed by atoms with van der Waals surface area (Å²) in [6.45, 7) is 4.45. The summed E-state index contributed by atoms with van der Waals surface area (Å²) in [6.07, 6.45) is 8.89. The van der Waals surface area contributed by atoms with Gasteiger partial charge in [-0.1, -0.05) is 12.2 Å². The van der Waals surface area contributed by atoms with Gasteiger partial charge in [-0.15, -0.1) is 0 Å². The Morgan fingerprint density at radius 1 is 1.30 bits per heavy atom. The highest BCUT2D eigenvalue weighted by atomic mass is 16.5. The number of nitrogens with zero attached hydrogens (tertiary/aromatic N) is 2. The van der Waals surface area contributed by atoms with E-state index in [2.05, 4.69) is 29.0 Å². The van der Waals surface area contributed by atoms with Crippen molar-refractivity contribution >= 4 is 5.91 Å². The maximum absolute atomic E-state index is 12.7. The van der Waals surface area contributed by atoms with E-state index in [1.54, 1.807) is 0 Å². The molecule has 1 saturated heterocycles. The molecule has 4 heteroatoms. The molecule has 1 heterocycles. The molecule has 3 aliphatic rings. The first kappa shape index (κ1) is 14.1. The van der Waals surface area contributed by atoms with E-state index in [0.717, 1.165) is 51.5 Å². The zero-order chi connectivity index (χ0) is 13.9. The van der Waals surface area contributed by atoms with Crippen LogP contribution in [0.2, 0.25) is 0 Å². The molecule has 0 bridgehead atoms. The molecule has 112 valence electrons. The number of carbonyl (C=O) groups excluding carboxylic acids is 1. The maximum Gasteiger partial charge on any atom is 0.226 e. The molecule has 4 nitrogen and oxygen atoms in total. The van der Waals surface area contributed by atoms with E-state index in [9.17, 15) is 4.79 Å². The lowest BCUT2D eigenvalue weighted by Crippen LogP contribution is -2.49. The van der Waals surface area contributed by atoms with Gasteiger partial charge in [-0.05, 0) is 38.6 Å². The lowest BCUT2D eigenvalue weighted by Gasteiger charge is -2.35. The van der Waals surface area contributed by atoms with E-state index in [1.807, 2.05) is 0 Å². The molecule has 1 aliphatic heterocycles. The lowest BCUT2D eigenvalue weighted by atomic mass is 10.0. The third-order valence-electron chi connectivity index (χ3n) is 4.61. The minimum atomic E-state index is 0.186. The van der Waals surface area contributed by atoms with Gasteiger partial charge in [-0.25, -0.2) is 0 Å². The minimum Gasteiger partial charge on any atom is -0.374 e. The summed E-state index contributed by atoms with van der Waals surface area (Å²) in [5.74, 6) is 1.28. The summed E-state index contributed by atoms with van der Waals surface area (Å²) < 4.78 is 5.84. The second-order valence-electron chi connectivity index (χ2n) is 6.58. The Morgan fingerprint density at radius 2 is 2.05 bits per heavy atom. The highest BCUT2D eigenvalue weighted by Crippen LogP contribution is 2.31. The first-order chi connectivity index (χ1) is 9.72. The molecule has 0 aromatic heterocycles. The van der Waals surface area contributed by atoms with Gasteiger partial charge in [0, 0.05) is 32.1 Å². The van der Waals surface area contributed by atoms with E-state index in [-0.39, 0.29) is 12.0 Å². The molecule has 0 spiro atoms. The van der Waals surface area contributed by atoms with Gasteiger partial charge in [-0.3, -0.25) is 4.79 Å². The normalized spacial score (nSPS) is 27.9. The summed E-state index contributed by atoms with van der Waals surface area (Å²) in [5, 5.41) is 0. The number of carbonyl (C=O) groups is 1. The number of amides is 1. The summed E-state index contributed by atoms with van der Waals surface area (Å²) in [4.78, 5) is 17.1. The molecular weight excluding hydrogens is 252 g/mol. The second kappa shape index (κ2) is 6.27. The topological polar surface area (TPSA) is 32.8 Å². The van der Waals surface area contributed by atoms with Crippen LogP contribution in [0.25, 0.3) is 0 Å². The molecule has 3 rings (SSSR count). The number of hydrogen-bond acceptors (Lipinski definition) is 3. The smallest absolute Gasteiger partial charge is 0.226 e. The number of morpholine rings is 1. The molecule has 2 fully saturated rings. The van der Waals surface area contributed by atoms with Crippen molar-refractivity contribution in [1.29, 1.82) is 0 Å². The fraction of sp³-hybridized carbons (Fsp3) is 0.812. The predicted octanol–water partition coefficient (Wildman–Crippen LogP) is 1.52. The van der Waals surface area contributed by atoms with E-state index in [1.165, 1.54) is 12.8 Å². The summed E-state index contributed by atoms with van der Waals surface area (Å²) in [7, 11) is 2.13. The standard InChI is InChI=1S/C16H26N2O2/c1-17-8-9-20-15(11-17)12-18(10-13-6-7-13)16(19)14-4-2-3-5-14/h2-3,13-15H,4-12H2,1H3/t15-/m1/s1. The van der Waals surface area contributed by atoms with Gasteiger partial charge in [0.05, 0.1) is 12.7 Å². The molecule has 1 amide bonds. The highest BCUT2D eigenvalue weighted by Gasteiger charge is 2.32. The van der Waals surface area contributed by atoms with Crippen molar-refractivity contribution in [2.75, 3.05) is 39.8 Å². The molecule has 20 heavy (non-hydrogen) atoms. The first-order valence-corrected chi connectivity index (χ1v) is 7.96. The molecule has 2 aliphatic carbocycles. The molecule has 1 saturated carbocycles. The van der Waals surface area contributed by atoms with Crippen LogP contribution in [0.3, 0.4) is 0 Å². The van der Waals surface area contributed by atoms with Crippen LogP contribution in [0, 0.1) is 11.8 Å². The van der Waals surface area contributed by atoms with Crippen LogP contribution in [-0.2, 0) is 9.53 Å². The molecule has 0 radical (unpaired) electrons. The van der Waals surface area contributed by atoms with Gasteiger partial charge >= 0.3 is 0 Å². The Kier molecular flexibility index (Phi) is 4.41. The predicted molar refractivity (Wildman–Crippen MR) is 78.4 cm³/mol. The molecule has 0 unspecified atom stereocenters. The van der Waals surface area contributed by atoms with E-state index >= 15 is 0 Å². The average Bonchev–Trinajstić information content (AvgIpc) is 3.08. The number of rotatable bonds is 5. The van der Waals surface area contributed by atoms with Gasteiger partial charge in [0.1, 0.15) is 0 Å². The van der Waals surface area contributed by atoms with Crippen molar-refractivity contribution in [3.8, 4) is 0 Å². The van der Waals surface area contributed by atoms with E-state index in [0.29, 0.717) is 5.91 Å². The maximum atomic E-state index is 12.7. The van der Waals surface area contributed by atoms with Crippen LogP contribution < -0.4 is 0 Å². The first-order valence-electron chi connectivity index (χ1n) is 7.96. The van der Waals surface area contributed by atoms with Crippen molar-refractivity contribution in [3.05, 3.63) is 12.2 Å². The zero-order valence-corrected chi connectivity index (χ0v) is 12.5. The molecular formula is C16H26N2O2. The minimum absolute atomic E-state index is 0.186. The molecule has 0 N–H and O–H groups in total. The average molecular weight is 278 g/mol. The third kappa shape index (κ3) is 3.61. The lowest BCUT2D eigenvalue weighted by molar-refractivity contribution is -0.138. The van der Waals surface area contributed by atoms with Crippen LogP contribution in [0.1, 0.15) is 25.7 Å². The molecule has 0 aromatic rings. The molecule has 0 aromatic carbocycles. The van der Waals surface area contributed by atoms with Crippen molar-refractivity contribution in [2.24, 2.45) is 11.8 Å². The largest absolute Gasteiger partial charge is 0.374 e. The van der Waals surface area contributed by atoms with Crippen LogP contribution in [0.4, 0.5) is 0 Å². The number of ether oxygens (including phenoxy) is 1. The van der Waals surface area contributed by atoms with Crippen LogP contribution in [0.5, 0.6) is 0 Å². The van der Waals surface area contributed by atoms with Crippen molar-refractivity contribution in [2.45, 2.75) is 31.8 Å². The van der Waals surface area contributed by atoms with Crippen molar-refractivity contribution in [3.63, 3.8) is 0 Å². The highest BCUT2D eigenvalue weighted by molar-refractivity contribution is 5.79. The van der Waals surface area contributed by atoms with Crippen molar-refractivity contribution < 1.29 is 9.53 Å². The molecule has 1 atom stereocenters. The van der Waals surface area contributed by atoms with Crippen LogP contribution in [0.15, 0.2) is 12.2 Å². The second-order valence-corrected chi connectivity index (χ2v) is 6.58. The van der Waals surface area contributed by atoms with Gasteiger partial charge in [0.25, 0.3) is 0 Å². The van der Waals surface area contributed by atoms with Gasteiger partial charge in [-0.2, -0.15) is 0 Å². The fourth-order valence-corrected chi connectivity index (χ4v) is 3.17. The van der Waals surface area contributed by atoms with E-state index < -0.39 is 0 Å². The number of hydrogen-bond donors (Lipinski definition) is 0. The summed E-state index contributed by atoms with van der Waals surface area (Å²) in [6, 6.07) is 0. The Bertz CT molecular complexity index is 371. The van der Waals surface area contributed by atoms with E-state index in [4.69, 9.17) is 4.74 Å². The Balaban J connectivity index is 1.58. The van der Waals surface area contributed by atoms with Crippen LogP contribution >= 0.6 is 0 Å².